The van der Waals surface area contributed by atoms with Gasteiger partial charge in [-0.05, 0) is 106 Å². The summed E-state index contributed by atoms with van der Waals surface area (Å²) in [6, 6.07) is 20.9. The molecule has 180 valence electrons. The van der Waals surface area contributed by atoms with Crippen LogP contribution in [0, 0.1) is 13.8 Å². The third kappa shape index (κ3) is 6.04. The Morgan fingerprint density at radius 2 is 1.57 bits per heavy atom. The van der Waals surface area contributed by atoms with Crippen LogP contribution in [0.1, 0.15) is 11.1 Å². The van der Waals surface area contributed by atoms with Gasteiger partial charge in [-0.15, -0.1) is 0 Å². The highest BCUT2D eigenvalue weighted by Crippen LogP contribution is 2.34. The maximum absolute atomic E-state index is 12.7. The van der Waals surface area contributed by atoms with Crippen molar-refractivity contribution in [3.63, 3.8) is 0 Å². The summed E-state index contributed by atoms with van der Waals surface area (Å²) in [5.41, 5.74) is 3.04. The van der Waals surface area contributed by atoms with Crippen LogP contribution in [0.2, 0.25) is 0 Å². The highest BCUT2D eigenvalue weighted by molar-refractivity contribution is 9.11. The first kappa shape index (κ1) is 25.2. The van der Waals surface area contributed by atoms with Crippen molar-refractivity contribution in [2.75, 3.05) is 16.6 Å². The summed E-state index contributed by atoms with van der Waals surface area (Å²) < 4.78 is 35.4. The number of anilines is 2. The monoisotopic (exact) mass is 616 g/mol. The fraction of sp³-hybridized carbons (Fsp3) is 0.115. The highest BCUT2D eigenvalue weighted by Gasteiger charge is 2.15. The molecule has 0 aliphatic carbocycles. The fourth-order valence-corrected chi connectivity index (χ4v) is 5.47. The van der Waals surface area contributed by atoms with Crippen molar-refractivity contribution in [2.24, 2.45) is 0 Å². The summed E-state index contributed by atoms with van der Waals surface area (Å²) in [6.07, 6.45) is 0. The Morgan fingerprint density at radius 1 is 0.857 bits per heavy atom. The molecule has 0 aromatic heterocycles. The molecular weight excluding hydrogens is 596 g/mol. The minimum atomic E-state index is -3.76. The molecule has 0 atom stereocenters. The van der Waals surface area contributed by atoms with Gasteiger partial charge < -0.3 is 10.1 Å². The van der Waals surface area contributed by atoms with Gasteiger partial charge in [-0.2, -0.15) is 0 Å². The molecule has 0 saturated carbocycles. The van der Waals surface area contributed by atoms with Crippen molar-refractivity contribution < 1.29 is 17.9 Å². The molecule has 4 rings (SSSR count). The average molecular weight is 618 g/mol. The van der Waals surface area contributed by atoms with Crippen LogP contribution in [0.5, 0.6) is 5.75 Å². The minimum absolute atomic E-state index is 0.0942. The molecule has 0 aliphatic rings. The van der Waals surface area contributed by atoms with Crippen LogP contribution >= 0.6 is 31.9 Å². The lowest BCUT2D eigenvalue weighted by Gasteiger charge is -2.12. The van der Waals surface area contributed by atoms with E-state index in [0.717, 1.165) is 30.8 Å². The number of fused-ring (bicyclic) bond motifs is 1. The molecule has 4 aromatic carbocycles. The van der Waals surface area contributed by atoms with E-state index >= 15 is 0 Å². The number of carbonyl (C=O) groups is 1. The summed E-state index contributed by atoms with van der Waals surface area (Å²) in [5.74, 6) is 0.186. The minimum Gasteiger partial charge on any atom is -0.483 e. The van der Waals surface area contributed by atoms with Crippen LogP contribution in [0.3, 0.4) is 0 Å². The number of rotatable bonds is 7. The van der Waals surface area contributed by atoms with E-state index in [0.29, 0.717) is 17.1 Å². The van der Waals surface area contributed by atoms with Crippen molar-refractivity contribution in [1.82, 2.24) is 0 Å². The Morgan fingerprint density at radius 3 is 2.29 bits per heavy atom. The molecule has 0 unspecified atom stereocenters. The zero-order valence-corrected chi connectivity index (χ0v) is 22.9. The topological polar surface area (TPSA) is 84.5 Å². The molecule has 35 heavy (non-hydrogen) atoms. The first-order chi connectivity index (χ1) is 16.6. The number of amides is 1. The fourth-order valence-electron chi connectivity index (χ4n) is 3.43. The Labute approximate surface area is 221 Å². The summed E-state index contributed by atoms with van der Waals surface area (Å²) in [6.45, 7) is 3.69. The number of aryl methyl sites for hydroxylation is 2. The van der Waals surface area contributed by atoms with Crippen LogP contribution in [0.15, 0.2) is 86.6 Å². The van der Waals surface area contributed by atoms with Crippen LogP contribution in [-0.2, 0) is 14.8 Å². The Kier molecular flexibility index (Phi) is 7.49. The molecular formula is C26H22Br2N2O4S. The number of ether oxygens (including phenoxy) is 1. The van der Waals surface area contributed by atoms with Crippen molar-refractivity contribution in [2.45, 2.75) is 18.7 Å². The van der Waals surface area contributed by atoms with E-state index in [1.54, 1.807) is 18.2 Å². The number of carbonyl (C=O) groups excluding carboxylic acids is 1. The molecule has 0 bridgehead atoms. The van der Waals surface area contributed by atoms with Crippen LogP contribution in [-0.4, -0.2) is 20.9 Å². The number of nitrogens with one attached hydrogen (secondary N) is 2. The van der Waals surface area contributed by atoms with Crippen molar-refractivity contribution in [1.29, 1.82) is 0 Å². The normalized spacial score (nSPS) is 11.3. The predicted octanol–water partition coefficient (Wildman–Crippen LogP) is 6.80. The van der Waals surface area contributed by atoms with Gasteiger partial charge in [0, 0.05) is 15.8 Å². The second-order valence-electron chi connectivity index (χ2n) is 8.01. The number of sulfonamides is 1. The van der Waals surface area contributed by atoms with E-state index in [4.69, 9.17) is 4.74 Å². The second-order valence-corrected chi connectivity index (χ2v) is 11.4. The Bertz CT molecular complexity index is 1520. The highest BCUT2D eigenvalue weighted by atomic mass is 79.9. The zero-order chi connectivity index (χ0) is 25.2. The molecule has 0 spiro atoms. The number of halogens is 2. The largest absolute Gasteiger partial charge is 0.483 e. The van der Waals surface area contributed by atoms with Crippen LogP contribution < -0.4 is 14.8 Å². The van der Waals surface area contributed by atoms with Gasteiger partial charge in [0.15, 0.2) is 6.61 Å². The van der Waals surface area contributed by atoms with Crippen LogP contribution in [0.4, 0.5) is 11.4 Å². The number of benzene rings is 4. The lowest BCUT2D eigenvalue weighted by atomic mass is 10.1. The summed E-state index contributed by atoms with van der Waals surface area (Å²) in [7, 11) is -3.76. The maximum Gasteiger partial charge on any atom is 0.262 e. The Hall–Kier alpha value is -2.88. The molecule has 6 nitrogen and oxygen atoms in total. The molecule has 0 saturated heterocycles. The third-order valence-electron chi connectivity index (χ3n) is 5.45. The van der Waals surface area contributed by atoms with Gasteiger partial charge in [-0.3, -0.25) is 9.52 Å². The molecule has 0 aliphatic heterocycles. The van der Waals surface area contributed by atoms with Gasteiger partial charge in [0.2, 0.25) is 0 Å². The van der Waals surface area contributed by atoms with Crippen molar-refractivity contribution >= 4 is 69.9 Å². The maximum atomic E-state index is 12.7. The molecule has 4 aromatic rings. The Balaban J connectivity index is 1.38. The quantitative estimate of drug-likeness (QED) is 0.239. The van der Waals surface area contributed by atoms with E-state index in [1.165, 1.54) is 24.3 Å². The van der Waals surface area contributed by atoms with E-state index in [9.17, 15) is 13.2 Å². The standard InChI is InChI=1S/C26H22Br2N2O4S/c1-16-3-6-21(13-17(16)2)30-35(32,33)22-9-7-20(8-10-22)29-25(31)15-34-24-12-4-18-14-19(27)5-11-23(18)26(24)28/h3-14,30H,15H2,1-2H3,(H,29,31). The molecule has 0 heterocycles. The van der Waals surface area contributed by atoms with Gasteiger partial charge in [-0.1, -0.05) is 34.1 Å². The zero-order valence-electron chi connectivity index (χ0n) is 18.9. The van der Waals surface area contributed by atoms with E-state index < -0.39 is 10.0 Å². The van der Waals surface area contributed by atoms with E-state index in [2.05, 4.69) is 41.9 Å². The lowest BCUT2D eigenvalue weighted by Crippen LogP contribution is -2.20. The molecule has 9 heteroatoms. The number of hydrogen-bond acceptors (Lipinski definition) is 4. The van der Waals surface area contributed by atoms with Crippen LogP contribution in [0.25, 0.3) is 10.8 Å². The lowest BCUT2D eigenvalue weighted by molar-refractivity contribution is -0.118. The van der Waals surface area contributed by atoms with Gasteiger partial charge in [0.05, 0.1) is 9.37 Å². The summed E-state index contributed by atoms with van der Waals surface area (Å²) >= 11 is 7.00. The first-order valence-electron chi connectivity index (χ1n) is 10.6. The summed E-state index contributed by atoms with van der Waals surface area (Å²) in [5, 5.41) is 4.72. The average Bonchev–Trinajstić information content (AvgIpc) is 2.81. The number of hydrogen-bond donors (Lipinski definition) is 2. The van der Waals surface area contributed by atoms with Gasteiger partial charge >= 0.3 is 0 Å². The van der Waals surface area contributed by atoms with E-state index in [1.807, 2.05) is 44.2 Å². The second kappa shape index (κ2) is 10.4. The molecule has 1 amide bonds. The molecule has 0 radical (unpaired) electrons. The van der Waals surface area contributed by atoms with Crippen molar-refractivity contribution in [3.8, 4) is 5.75 Å². The van der Waals surface area contributed by atoms with E-state index in [-0.39, 0.29) is 17.4 Å². The smallest absolute Gasteiger partial charge is 0.262 e. The predicted molar refractivity (Wildman–Crippen MR) is 147 cm³/mol. The first-order valence-corrected chi connectivity index (χ1v) is 13.7. The molecule has 0 fully saturated rings. The third-order valence-corrected chi connectivity index (χ3v) is 8.16. The van der Waals surface area contributed by atoms with Gasteiger partial charge in [-0.25, -0.2) is 8.42 Å². The van der Waals surface area contributed by atoms with Gasteiger partial charge in [0.1, 0.15) is 5.75 Å². The van der Waals surface area contributed by atoms with Gasteiger partial charge in [0.25, 0.3) is 15.9 Å². The van der Waals surface area contributed by atoms with Crippen molar-refractivity contribution in [3.05, 3.63) is 92.9 Å². The summed E-state index contributed by atoms with van der Waals surface area (Å²) in [4.78, 5) is 12.5. The molecule has 2 N–H and O–H groups in total. The SMILES string of the molecule is Cc1ccc(NS(=O)(=O)c2ccc(NC(=O)COc3ccc4cc(Br)ccc4c3Br)cc2)cc1C.